The number of nitrogens with one attached hydrogen (secondary N) is 1. The summed E-state index contributed by atoms with van der Waals surface area (Å²) >= 11 is 7.58. The second-order valence-electron chi connectivity index (χ2n) is 6.87. The van der Waals surface area contributed by atoms with Gasteiger partial charge >= 0.3 is 6.01 Å². The van der Waals surface area contributed by atoms with Gasteiger partial charge in [0.05, 0.1) is 17.1 Å². The molecular weight excluding hydrogens is 432 g/mol. The van der Waals surface area contributed by atoms with Crippen LogP contribution in [0.3, 0.4) is 0 Å². The van der Waals surface area contributed by atoms with Crippen LogP contribution in [0.2, 0.25) is 5.02 Å². The summed E-state index contributed by atoms with van der Waals surface area (Å²) in [5, 5.41) is 6.51. The molecule has 8 heteroatoms. The van der Waals surface area contributed by atoms with Gasteiger partial charge in [-0.3, -0.25) is 4.79 Å². The van der Waals surface area contributed by atoms with E-state index < -0.39 is 0 Å². The van der Waals surface area contributed by atoms with Crippen LogP contribution in [0.5, 0.6) is 11.8 Å². The molecule has 0 bridgehead atoms. The lowest BCUT2D eigenvalue weighted by Crippen LogP contribution is -2.15. The van der Waals surface area contributed by atoms with Gasteiger partial charge in [-0.25, -0.2) is 15.0 Å². The number of thiazole rings is 1. The van der Waals surface area contributed by atoms with Crippen molar-refractivity contribution in [2.75, 3.05) is 5.32 Å². The Bertz CT molecular complexity index is 1200. The van der Waals surface area contributed by atoms with Crippen LogP contribution in [0.4, 0.5) is 5.69 Å². The summed E-state index contributed by atoms with van der Waals surface area (Å²) in [6, 6.07) is 15.1. The smallest absolute Gasteiger partial charge is 0.321 e. The molecule has 4 aromatic rings. The number of ether oxygens (including phenoxy) is 1. The van der Waals surface area contributed by atoms with Crippen molar-refractivity contribution in [1.82, 2.24) is 15.0 Å². The van der Waals surface area contributed by atoms with Gasteiger partial charge in [-0.2, -0.15) is 0 Å². The van der Waals surface area contributed by atoms with Crippen molar-refractivity contribution in [3.05, 3.63) is 93.2 Å². The summed E-state index contributed by atoms with van der Waals surface area (Å²) in [6.07, 6.45) is 4.13. The molecule has 0 atom stereocenters. The van der Waals surface area contributed by atoms with Crippen LogP contribution in [0.25, 0.3) is 0 Å². The van der Waals surface area contributed by atoms with Gasteiger partial charge < -0.3 is 10.1 Å². The Balaban J connectivity index is 1.35. The average Bonchev–Trinajstić information content (AvgIpc) is 3.17. The van der Waals surface area contributed by atoms with Crippen molar-refractivity contribution in [2.24, 2.45) is 0 Å². The van der Waals surface area contributed by atoms with Gasteiger partial charge in [0, 0.05) is 34.9 Å². The third kappa shape index (κ3) is 5.87. The minimum absolute atomic E-state index is 0.122. The van der Waals surface area contributed by atoms with E-state index in [9.17, 15) is 4.79 Å². The van der Waals surface area contributed by atoms with Gasteiger partial charge in [0.15, 0.2) is 0 Å². The molecule has 156 valence electrons. The molecule has 0 radical (unpaired) electrons. The van der Waals surface area contributed by atoms with Gasteiger partial charge in [0.1, 0.15) is 5.75 Å². The normalized spacial score (nSPS) is 10.6. The third-order valence-electron chi connectivity index (χ3n) is 4.41. The molecule has 1 N–H and O–H groups in total. The van der Waals surface area contributed by atoms with Crippen LogP contribution < -0.4 is 10.1 Å². The molecule has 0 aliphatic heterocycles. The van der Waals surface area contributed by atoms with Crippen LogP contribution in [0.1, 0.15) is 21.8 Å². The highest BCUT2D eigenvalue weighted by Crippen LogP contribution is 2.24. The Morgan fingerprint density at radius 1 is 1.13 bits per heavy atom. The standard InChI is InChI=1S/C23H19ClN4O2S/c1-15-10-19(30-23-25-8-3-9-26-23)6-7-20(15)28-21(29)13-18-14-31-22(27-18)12-16-4-2-5-17(24)11-16/h2-11,14H,12-13H2,1H3,(H,28,29). The number of carbonyl (C=O) groups is 1. The molecular formula is C23H19ClN4O2S. The highest BCUT2D eigenvalue weighted by molar-refractivity contribution is 7.09. The predicted molar refractivity (Wildman–Crippen MR) is 122 cm³/mol. The topological polar surface area (TPSA) is 77.0 Å². The second kappa shape index (κ2) is 9.68. The Kier molecular flexibility index (Phi) is 6.54. The van der Waals surface area contributed by atoms with Gasteiger partial charge in [0.25, 0.3) is 0 Å². The van der Waals surface area contributed by atoms with Crippen molar-refractivity contribution in [3.63, 3.8) is 0 Å². The molecule has 31 heavy (non-hydrogen) atoms. The number of halogens is 1. The summed E-state index contributed by atoms with van der Waals surface area (Å²) in [7, 11) is 0. The minimum Gasteiger partial charge on any atom is -0.424 e. The van der Waals surface area contributed by atoms with Crippen molar-refractivity contribution < 1.29 is 9.53 Å². The van der Waals surface area contributed by atoms with E-state index in [2.05, 4.69) is 20.3 Å². The first-order valence-corrected chi connectivity index (χ1v) is 10.8. The fourth-order valence-corrected chi connectivity index (χ4v) is 4.02. The lowest BCUT2D eigenvalue weighted by atomic mass is 10.1. The summed E-state index contributed by atoms with van der Waals surface area (Å²) in [4.78, 5) is 25.2. The Morgan fingerprint density at radius 3 is 2.74 bits per heavy atom. The van der Waals surface area contributed by atoms with Crippen LogP contribution >= 0.6 is 22.9 Å². The first-order valence-electron chi connectivity index (χ1n) is 9.58. The van der Waals surface area contributed by atoms with E-state index >= 15 is 0 Å². The summed E-state index contributed by atoms with van der Waals surface area (Å²) in [5.41, 5.74) is 3.44. The Hall–Kier alpha value is -3.29. The van der Waals surface area contributed by atoms with Crippen LogP contribution in [-0.2, 0) is 17.6 Å². The van der Waals surface area contributed by atoms with E-state index in [-0.39, 0.29) is 18.3 Å². The first kappa shape index (κ1) is 21.0. The molecule has 2 aromatic heterocycles. The van der Waals surface area contributed by atoms with Crippen LogP contribution in [0, 0.1) is 6.92 Å². The lowest BCUT2D eigenvalue weighted by molar-refractivity contribution is -0.115. The molecule has 2 aromatic carbocycles. The fourth-order valence-electron chi connectivity index (χ4n) is 2.98. The largest absolute Gasteiger partial charge is 0.424 e. The number of hydrogen-bond acceptors (Lipinski definition) is 6. The number of nitrogens with zero attached hydrogens (tertiary/aromatic N) is 3. The second-order valence-corrected chi connectivity index (χ2v) is 8.25. The lowest BCUT2D eigenvalue weighted by Gasteiger charge is -2.10. The van der Waals surface area contributed by atoms with Crippen molar-refractivity contribution in [3.8, 4) is 11.8 Å². The minimum atomic E-state index is -0.122. The average molecular weight is 451 g/mol. The number of benzene rings is 2. The molecule has 4 rings (SSSR count). The summed E-state index contributed by atoms with van der Waals surface area (Å²) < 4.78 is 5.62. The third-order valence-corrected chi connectivity index (χ3v) is 5.54. The van der Waals surface area contributed by atoms with Crippen molar-refractivity contribution in [2.45, 2.75) is 19.8 Å². The van der Waals surface area contributed by atoms with Gasteiger partial charge in [0.2, 0.25) is 5.91 Å². The Morgan fingerprint density at radius 2 is 1.97 bits per heavy atom. The number of aromatic nitrogens is 3. The van der Waals surface area contributed by atoms with E-state index in [4.69, 9.17) is 16.3 Å². The van der Waals surface area contributed by atoms with Gasteiger partial charge in [-0.1, -0.05) is 23.7 Å². The number of hydrogen-bond donors (Lipinski definition) is 1. The molecule has 0 unspecified atom stereocenters. The van der Waals surface area contributed by atoms with E-state index in [1.165, 1.54) is 0 Å². The fraction of sp³-hybridized carbons (Fsp3) is 0.130. The van der Waals surface area contributed by atoms with Crippen LogP contribution in [-0.4, -0.2) is 20.9 Å². The molecule has 0 aliphatic carbocycles. The predicted octanol–water partition coefficient (Wildman–Crippen LogP) is 5.46. The zero-order chi connectivity index (χ0) is 21.6. The maximum atomic E-state index is 12.5. The van der Waals surface area contributed by atoms with E-state index in [1.807, 2.05) is 42.6 Å². The summed E-state index contributed by atoms with van der Waals surface area (Å²) in [6.45, 7) is 1.90. The molecule has 1 amide bonds. The molecule has 6 nitrogen and oxygen atoms in total. The number of anilines is 1. The Labute approximate surface area is 188 Å². The quantitative estimate of drug-likeness (QED) is 0.404. The highest BCUT2D eigenvalue weighted by Gasteiger charge is 2.11. The molecule has 0 fully saturated rings. The number of amides is 1. The molecule has 0 saturated heterocycles. The molecule has 0 saturated carbocycles. The first-order chi connectivity index (χ1) is 15.0. The number of carbonyl (C=O) groups excluding carboxylic acids is 1. The monoisotopic (exact) mass is 450 g/mol. The highest BCUT2D eigenvalue weighted by atomic mass is 35.5. The maximum Gasteiger partial charge on any atom is 0.321 e. The zero-order valence-electron chi connectivity index (χ0n) is 16.7. The van der Waals surface area contributed by atoms with Crippen molar-refractivity contribution in [1.29, 1.82) is 0 Å². The van der Waals surface area contributed by atoms with E-state index in [0.717, 1.165) is 27.5 Å². The van der Waals surface area contributed by atoms with E-state index in [1.54, 1.807) is 41.9 Å². The molecule has 0 spiro atoms. The number of rotatable bonds is 7. The summed E-state index contributed by atoms with van der Waals surface area (Å²) in [5.74, 6) is 0.481. The number of aryl methyl sites for hydroxylation is 1. The SMILES string of the molecule is Cc1cc(Oc2ncccn2)ccc1NC(=O)Cc1csc(Cc2cccc(Cl)c2)n1. The zero-order valence-corrected chi connectivity index (χ0v) is 18.3. The molecule has 0 aliphatic rings. The van der Waals surface area contributed by atoms with Gasteiger partial charge in [-0.15, -0.1) is 11.3 Å². The molecule has 2 heterocycles. The maximum absolute atomic E-state index is 12.5. The van der Waals surface area contributed by atoms with E-state index in [0.29, 0.717) is 17.2 Å². The van der Waals surface area contributed by atoms with Gasteiger partial charge in [-0.05, 0) is 54.4 Å². The van der Waals surface area contributed by atoms with Crippen LogP contribution in [0.15, 0.2) is 66.3 Å². The van der Waals surface area contributed by atoms with Crippen molar-refractivity contribution >= 4 is 34.5 Å².